The van der Waals surface area contributed by atoms with Crippen LogP contribution in [-0.2, 0) is 4.79 Å². The standard InChI is InChI=1S/C20H21F3N4O2/c1-12-10-24-18-16(13-6-5-7-14(8-13)29-20(21,22)23)17(26-27(18)11-12)25-15(28)9-19(2,3)4/h5-8,10-11H,9H2,1-4H3,(H,25,26,28). The van der Waals surface area contributed by atoms with Crippen LogP contribution in [0.1, 0.15) is 32.8 Å². The highest BCUT2D eigenvalue weighted by molar-refractivity contribution is 5.98. The molecule has 0 radical (unpaired) electrons. The number of ether oxygens (including phenoxy) is 1. The number of hydrogen-bond acceptors (Lipinski definition) is 4. The van der Waals surface area contributed by atoms with Crippen molar-refractivity contribution < 1.29 is 22.7 Å². The topological polar surface area (TPSA) is 68.5 Å². The van der Waals surface area contributed by atoms with Gasteiger partial charge in [0.25, 0.3) is 0 Å². The Kier molecular flexibility index (Phi) is 5.25. The molecule has 0 aliphatic rings. The van der Waals surface area contributed by atoms with E-state index >= 15 is 0 Å². The van der Waals surface area contributed by atoms with E-state index in [1.807, 2.05) is 27.7 Å². The molecule has 29 heavy (non-hydrogen) atoms. The van der Waals surface area contributed by atoms with Crippen LogP contribution < -0.4 is 10.1 Å². The molecule has 1 amide bonds. The van der Waals surface area contributed by atoms with E-state index in [4.69, 9.17) is 0 Å². The smallest absolute Gasteiger partial charge is 0.406 e. The van der Waals surface area contributed by atoms with Gasteiger partial charge in [-0.2, -0.15) is 0 Å². The molecule has 0 atom stereocenters. The van der Waals surface area contributed by atoms with Crippen LogP contribution in [0.3, 0.4) is 0 Å². The molecular weight excluding hydrogens is 385 g/mol. The van der Waals surface area contributed by atoms with Gasteiger partial charge in [0.2, 0.25) is 5.91 Å². The van der Waals surface area contributed by atoms with Crippen molar-refractivity contribution in [2.24, 2.45) is 5.41 Å². The van der Waals surface area contributed by atoms with E-state index in [1.165, 1.54) is 22.7 Å². The van der Waals surface area contributed by atoms with E-state index in [2.05, 4.69) is 20.1 Å². The first kappa shape index (κ1) is 20.6. The van der Waals surface area contributed by atoms with Crippen LogP contribution in [-0.4, -0.2) is 26.9 Å². The summed E-state index contributed by atoms with van der Waals surface area (Å²) in [5.41, 5.74) is 1.82. The number of hydrogen-bond donors (Lipinski definition) is 1. The van der Waals surface area contributed by atoms with Crippen LogP contribution in [0, 0.1) is 12.3 Å². The SMILES string of the molecule is Cc1cnc2c(-c3cccc(OC(F)(F)F)c3)c(NC(=O)CC(C)(C)C)nn2c1. The molecule has 0 aliphatic carbocycles. The molecule has 0 saturated carbocycles. The van der Waals surface area contributed by atoms with E-state index in [1.54, 1.807) is 18.5 Å². The maximum Gasteiger partial charge on any atom is 0.573 e. The minimum absolute atomic E-state index is 0.224. The third-order valence-electron chi connectivity index (χ3n) is 3.91. The fourth-order valence-electron chi connectivity index (χ4n) is 2.89. The highest BCUT2D eigenvalue weighted by Gasteiger charge is 2.31. The molecule has 3 aromatic rings. The lowest BCUT2D eigenvalue weighted by molar-refractivity contribution is -0.274. The molecular formula is C20H21F3N4O2. The molecule has 6 nitrogen and oxygen atoms in total. The van der Waals surface area contributed by atoms with Crippen LogP contribution >= 0.6 is 0 Å². The number of aromatic nitrogens is 3. The van der Waals surface area contributed by atoms with Gasteiger partial charge in [0.15, 0.2) is 11.5 Å². The average Bonchev–Trinajstić information content (AvgIpc) is 2.88. The number of alkyl halides is 3. The molecule has 2 aromatic heterocycles. The molecule has 9 heteroatoms. The number of amides is 1. The summed E-state index contributed by atoms with van der Waals surface area (Å²) in [6.45, 7) is 7.63. The molecule has 0 bridgehead atoms. The third-order valence-corrected chi connectivity index (χ3v) is 3.91. The van der Waals surface area contributed by atoms with E-state index < -0.39 is 6.36 Å². The molecule has 0 saturated heterocycles. The van der Waals surface area contributed by atoms with Gasteiger partial charge in [-0.3, -0.25) is 4.79 Å². The van der Waals surface area contributed by atoms with Crippen LogP contribution in [0.25, 0.3) is 16.8 Å². The fraction of sp³-hybridized carbons (Fsp3) is 0.350. The highest BCUT2D eigenvalue weighted by atomic mass is 19.4. The van der Waals surface area contributed by atoms with Crippen molar-refractivity contribution in [2.75, 3.05) is 5.32 Å². The number of nitrogens with zero attached hydrogens (tertiary/aromatic N) is 3. The number of benzene rings is 1. The number of rotatable bonds is 4. The van der Waals surface area contributed by atoms with Crippen molar-refractivity contribution in [1.82, 2.24) is 14.6 Å². The highest BCUT2D eigenvalue weighted by Crippen LogP contribution is 2.35. The van der Waals surface area contributed by atoms with Crippen LogP contribution in [0.15, 0.2) is 36.7 Å². The fourth-order valence-corrected chi connectivity index (χ4v) is 2.89. The number of fused-ring (bicyclic) bond motifs is 1. The zero-order valence-corrected chi connectivity index (χ0v) is 16.5. The molecule has 0 spiro atoms. The van der Waals surface area contributed by atoms with E-state index in [-0.39, 0.29) is 29.3 Å². The van der Waals surface area contributed by atoms with Crippen molar-refractivity contribution in [2.45, 2.75) is 40.5 Å². The Labute approximate surface area is 165 Å². The van der Waals surface area contributed by atoms with Crippen molar-refractivity contribution in [3.63, 3.8) is 0 Å². The molecule has 1 N–H and O–H groups in total. The zero-order valence-electron chi connectivity index (χ0n) is 16.5. The summed E-state index contributed by atoms with van der Waals surface area (Å²) in [6.07, 6.45) is -1.21. The minimum atomic E-state index is -4.81. The summed E-state index contributed by atoms with van der Waals surface area (Å²) >= 11 is 0. The average molecular weight is 406 g/mol. The van der Waals surface area contributed by atoms with Gasteiger partial charge < -0.3 is 10.1 Å². The Balaban J connectivity index is 2.08. The van der Waals surface area contributed by atoms with Crippen molar-refractivity contribution in [3.05, 3.63) is 42.2 Å². The largest absolute Gasteiger partial charge is 0.573 e. The molecule has 1 aromatic carbocycles. The van der Waals surface area contributed by atoms with Gasteiger partial charge in [-0.1, -0.05) is 32.9 Å². The van der Waals surface area contributed by atoms with E-state index in [0.717, 1.165) is 5.56 Å². The molecule has 154 valence electrons. The Hall–Kier alpha value is -3.10. The van der Waals surface area contributed by atoms with Gasteiger partial charge in [0, 0.05) is 18.8 Å². The number of halogens is 3. The molecule has 0 aliphatic heterocycles. The van der Waals surface area contributed by atoms with Crippen molar-refractivity contribution >= 4 is 17.4 Å². The lowest BCUT2D eigenvalue weighted by atomic mass is 9.92. The van der Waals surface area contributed by atoms with Crippen LogP contribution in [0.4, 0.5) is 19.0 Å². The summed E-state index contributed by atoms with van der Waals surface area (Å²) in [6, 6.07) is 5.50. The predicted octanol–water partition coefficient (Wildman–Crippen LogP) is 4.98. The second-order valence-corrected chi connectivity index (χ2v) is 7.98. The predicted molar refractivity (Wildman–Crippen MR) is 103 cm³/mol. The van der Waals surface area contributed by atoms with Crippen molar-refractivity contribution in [3.8, 4) is 16.9 Å². The number of carbonyl (C=O) groups is 1. The summed E-state index contributed by atoms with van der Waals surface area (Å²) in [4.78, 5) is 16.8. The molecule has 3 rings (SSSR count). The Morgan fingerprint density at radius 3 is 2.62 bits per heavy atom. The summed E-state index contributed by atoms with van der Waals surface area (Å²) < 4.78 is 43.4. The molecule has 2 heterocycles. The first-order chi connectivity index (χ1) is 13.4. The van der Waals surface area contributed by atoms with Gasteiger partial charge in [-0.05, 0) is 35.6 Å². The van der Waals surface area contributed by atoms with Gasteiger partial charge in [-0.15, -0.1) is 18.3 Å². The first-order valence-electron chi connectivity index (χ1n) is 8.92. The van der Waals surface area contributed by atoms with Gasteiger partial charge in [0.1, 0.15) is 5.75 Å². The number of carbonyl (C=O) groups excluding carboxylic acids is 1. The van der Waals surface area contributed by atoms with E-state index in [9.17, 15) is 18.0 Å². The number of nitrogens with one attached hydrogen (secondary N) is 1. The number of anilines is 1. The first-order valence-corrected chi connectivity index (χ1v) is 8.92. The van der Waals surface area contributed by atoms with Gasteiger partial charge in [-0.25, -0.2) is 9.50 Å². The third kappa shape index (κ3) is 5.24. The van der Waals surface area contributed by atoms with Crippen molar-refractivity contribution in [1.29, 1.82) is 0 Å². The zero-order chi connectivity index (χ0) is 21.4. The minimum Gasteiger partial charge on any atom is -0.406 e. The maximum atomic E-state index is 12.6. The van der Waals surface area contributed by atoms with Gasteiger partial charge in [0.05, 0.1) is 5.56 Å². The van der Waals surface area contributed by atoms with Crippen LogP contribution in [0.2, 0.25) is 0 Å². The summed E-state index contributed by atoms with van der Waals surface area (Å²) in [7, 11) is 0. The quantitative estimate of drug-likeness (QED) is 0.664. The lowest BCUT2D eigenvalue weighted by Gasteiger charge is -2.17. The number of aryl methyl sites for hydroxylation is 1. The van der Waals surface area contributed by atoms with Gasteiger partial charge >= 0.3 is 6.36 Å². The normalized spacial score (nSPS) is 12.2. The molecule has 0 unspecified atom stereocenters. The molecule has 0 fully saturated rings. The lowest BCUT2D eigenvalue weighted by Crippen LogP contribution is -2.20. The Morgan fingerprint density at radius 1 is 1.24 bits per heavy atom. The summed E-state index contributed by atoms with van der Waals surface area (Å²) in [5, 5.41) is 7.15. The second-order valence-electron chi connectivity index (χ2n) is 7.98. The Morgan fingerprint density at radius 2 is 1.97 bits per heavy atom. The monoisotopic (exact) mass is 406 g/mol. The second kappa shape index (κ2) is 7.38. The maximum absolute atomic E-state index is 12.6. The Bertz CT molecular complexity index is 1050. The van der Waals surface area contributed by atoms with E-state index in [0.29, 0.717) is 16.8 Å². The summed E-state index contributed by atoms with van der Waals surface area (Å²) in [5.74, 6) is -0.392. The van der Waals surface area contributed by atoms with Crippen LogP contribution in [0.5, 0.6) is 5.75 Å².